The Morgan fingerprint density at radius 3 is 2.76 bits per heavy atom. The second kappa shape index (κ2) is 9.01. The maximum absolute atomic E-state index is 13.2. The molecule has 0 saturated carbocycles. The fraction of sp³-hybridized carbons (Fsp3) is 0.348. The first kappa shape index (κ1) is 19.3. The second-order valence-corrected chi connectivity index (χ2v) is 7.59. The van der Waals surface area contributed by atoms with Gasteiger partial charge in [0.15, 0.2) is 11.6 Å². The zero-order valence-electron chi connectivity index (χ0n) is 16.6. The molecule has 1 aromatic carbocycles. The van der Waals surface area contributed by atoms with Crippen molar-refractivity contribution in [1.82, 2.24) is 14.9 Å². The van der Waals surface area contributed by atoms with Crippen LogP contribution >= 0.6 is 0 Å². The van der Waals surface area contributed by atoms with Crippen LogP contribution in [0.15, 0.2) is 71.7 Å². The molecule has 2 aromatic heterocycles. The molecule has 0 N–H and O–H groups in total. The van der Waals surface area contributed by atoms with E-state index in [2.05, 4.69) is 46.1 Å². The third-order valence-electron chi connectivity index (χ3n) is 5.58. The number of amides is 1. The van der Waals surface area contributed by atoms with Gasteiger partial charge in [0, 0.05) is 38.1 Å². The molecule has 0 radical (unpaired) electrons. The quantitative estimate of drug-likeness (QED) is 0.643. The van der Waals surface area contributed by atoms with Crippen molar-refractivity contribution in [3.63, 3.8) is 0 Å². The molecule has 150 valence electrons. The highest BCUT2D eigenvalue weighted by atomic mass is 16.3. The van der Waals surface area contributed by atoms with E-state index in [0.717, 1.165) is 32.5 Å². The number of benzene rings is 1. The zero-order valence-corrected chi connectivity index (χ0v) is 16.6. The number of aromatic nitrogens is 2. The van der Waals surface area contributed by atoms with Gasteiger partial charge in [0.25, 0.3) is 5.91 Å². The lowest BCUT2D eigenvalue weighted by Gasteiger charge is -2.41. The molecule has 29 heavy (non-hydrogen) atoms. The van der Waals surface area contributed by atoms with Gasteiger partial charge >= 0.3 is 0 Å². The summed E-state index contributed by atoms with van der Waals surface area (Å²) in [6.45, 7) is 5.13. The van der Waals surface area contributed by atoms with E-state index in [0.29, 0.717) is 17.5 Å². The maximum Gasteiger partial charge on any atom is 0.295 e. The van der Waals surface area contributed by atoms with Crippen molar-refractivity contribution < 1.29 is 9.21 Å². The molecule has 1 aliphatic heterocycles. The van der Waals surface area contributed by atoms with E-state index >= 15 is 0 Å². The number of hydrogen-bond donors (Lipinski definition) is 0. The van der Waals surface area contributed by atoms with Crippen LogP contribution in [0.25, 0.3) is 0 Å². The molecule has 6 heteroatoms. The molecular weight excluding hydrogens is 364 g/mol. The molecule has 6 nitrogen and oxygen atoms in total. The van der Waals surface area contributed by atoms with Crippen LogP contribution in [0.1, 0.15) is 29.5 Å². The van der Waals surface area contributed by atoms with Crippen LogP contribution in [-0.4, -0.2) is 46.5 Å². The van der Waals surface area contributed by atoms with Gasteiger partial charge in [-0.15, -0.1) is 0 Å². The second-order valence-electron chi connectivity index (χ2n) is 7.59. The van der Waals surface area contributed by atoms with E-state index in [1.165, 1.54) is 11.8 Å². The summed E-state index contributed by atoms with van der Waals surface area (Å²) in [6.07, 6.45) is 8.34. The van der Waals surface area contributed by atoms with Crippen LogP contribution in [0.5, 0.6) is 0 Å². The van der Waals surface area contributed by atoms with E-state index in [1.807, 2.05) is 6.07 Å². The van der Waals surface area contributed by atoms with E-state index in [9.17, 15) is 4.79 Å². The normalized spacial score (nSPS) is 19.8. The summed E-state index contributed by atoms with van der Waals surface area (Å²) in [5, 5.41) is 0. The summed E-state index contributed by atoms with van der Waals surface area (Å²) < 4.78 is 5.38. The molecule has 0 bridgehead atoms. The number of carbonyl (C=O) groups excluding carboxylic acids is 1. The number of rotatable bonds is 6. The van der Waals surface area contributed by atoms with Gasteiger partial charge < -0.3 is 9.32 Å². The third-order valence-corrected chi connectivity index (χ3v) is 5.58. The molecule has 0 unspecified atom stereocenters. The zero-order chi connectivity index (χ0) is 20.1. The van der Waals surface area contributed by atoms with Crippen molar-refractivity contribution in [2.45, 2.75) is 25.8 Å². The van der Waals surface area contributed by atoms with Crippen molar-refractivity contribution >= 4 is 11.7 Å². The van der Waals surface area contributed by atoms with Crippen molar-refractivity contribution in [3.05, 3.63) is 78.6 Å². The summed E-state index contributed by atoms with van der Waals surface area (Å²) in [4.78, 5) is 26.0. The van der Waals surface area contributed by atoms with Gasteiger partial charge in [-0.3, -0.25) is 14.7 Å². The summed E-state index contributed by atoms with van der Waals surface area (Å²) in [5.41, 5.74) is 1.36. The molecule has 2 atom stereocenters. The summed E-state index contributed by atoms with van der Waals surface area (Å²) in [5.74, 6) is 1.04. The fourth-order valence-corrected chi connectivity index (χ4v) is 4.10. The number of furan rings is 1. The van der Waals surface area contributed by atoms with Gasteiger partial charge in [-0.25, -0.2) is 4.98 Å². The molecule has 3 aromatic rings. The first-order valence-corrected chi connectivity index (χ1v) is 10.1. The van der Waals surface area contributed by atoms with Gasteiger partial charge in [-0.05, 0) is 36.5 Å². The van der Waals surface area contributed by atoms with Gasteiger partial charge in [0.05, 0.1) is 12.5 Å². The molecule has 3 heterocycles. The van der Waals surface area contributed by atoms with Crippen LogP contribution in [-0.2, 0) is 6.42 Å². The predicted molar refractivity (Wildman–Crippen MR) is 112 cm³/mol. The Hall–Kier alpha value is -2.99. The van der Waals surface area contributed by atoms with E-state index in [4.69, 9.17) is 4.42 Å². The van der Waals surface area contributed by atoms with Crippen LogP contribution < -0.4 is 4.90 Å². The number of carbonyl (C=O) groups is 1. The predicted octanol–water partition coefficient (Wildman–Crippen LogP) is 3.67. The van der Waals surface area contributed by atoms with Gasteiger partial charge in [0.1, 0.15) is 0 Å². The minimum Gasteiger partial charge on any atom is -0.459 e. The highest BCUT2D eigenvalue weighted by Crippen LogP contribution is 2.27. The molecule has 0 aliphatic carbocycles. The molecule has 1 aliphatic rings. The molecule has 1 amide bonds. The van der Waals surface area contributed by atoms with E-state index in [1.54, 1.807) is 35.6 Å². The van der Waals surface area contributed by atoms with E-state index in [-0.39, 0.29) is 11.9 Å². The van der Waals surface area contributed by atoms with Crippen LogP contribution in [0.4, 0.5) is 5.82 Å². The van der Waals surface area contributed by atoms with Crippen molar-refractivity contribution in [2.75, 3.05) is 24.5 Å². The SMILES string of the molecule is C[C@@H]1CN(CCc2ccccc2)CC[C@H]1N(C(=O)c1ccco1)c1cnccn1. The van der Waals surface area contributed by atoms with Crippen molar-refractivity contribution in [1.29, 1.82) is 0 Å². The Morgan fingerprint density at radius 1 is 1.21 bits per heavy atom. The Balaban J connectivity index is 1.47. The monoisotopic (exact) mass is 390 g/mol. The number of nitrogens with zero attached hydrogens (tertiary/aromatic N) is 4. The lowest BCUT2D eigenvalue weighted by molar-refractivity contribution is 0.0905. The van der Waals surface area contributed by atoms with Crippen LogP contribution in [0, 0.1) is 5.92 Å². The highest BCUT2D eigenvalue weighted by molar-refractivity contribution is 6.04. The number of hydrogen-bond acceptors (Lipinski definition) is 5. The van der Waals surface area contributed by atoms with Crippen LogP contribution in [0.2, 0.25) is 0 Å². The summed E-state index contributed by atoms with van der Waals surface area (Å²) in [6, 6.07) is 14.1. The van der Waals surface area contributed by atoms with Gasteiger partial charge in [-0.2, -0.15) is 0 Å². The van der Waals surface area contributed by atoms with Gasteiger partial charge in [0.2, 0.25) is 0 Å². The lowest BCUT2D eigenvalue weighted by Crippen LogP contribution is -2.53. The highest BCUT2D eigenvalue weighted by Gasteiger charge is 2.36. The first-order chi connectivity index (χ1) is 14.2. The minimum absolute atomic E-state index is 0.0530. The Kier molecular flexibility index (Phi) is 6.00. The Morgan fingerprint density at radius 2 is 2.07 bits per heavy atom. The minimum atomic E-state index is -0.162. The average Bonchev–Trinajstić information content (AvgIpc) is 3.30. The Labute approximate surface area is 171 Å². The number of likely N-dealkylation sites (tertiary alicyclic amines) is 1. The topological polar surface area (TPSA) is 62.5 Å². The van der Waals surface area contributed by atoms with Crippen molar-refractivity contribution in [3.8, 4) is 0 Å². The number of piperidine rings is 1. The number of anilines is 1. The largest absolute Gasteiger partial charge is 0.459 e. The first-order valence-electron chi connectivity index (χ1n) is 10.1. The van der Waals surface area contributed by atoms with Gasteiger partial charge in [-0.1, -0.05) is 37.3 Å². The molecular formula is C23H26N4O2. The molecule has 1 saturated heterocycles. The molecule has 1 fully saturated rings. The lowest BCUT2D eigenvalue weighted by atomic mass is 9.91. The van der Waals surface area contributed by atoms with E-state index < -0.39 is 0 Å². The maximum atomic E-state index is 13.2. The van der Waals surface area contributed by atoms with Crippen LogP contribution in [0.3, 0.4) is 0 Å². The summed E-state index contributed by atoms with van der Waals surface area (Å²) in [7, 11) is 0. The van der Waals surface area contributed by atoms with Crippen molar-refractivity contribution in [2.24, 2.45) is 5.92 Å². The third kappa shape index (κ3) is 4.54. The Bertz CT molecular complexity index is 899. The smallest absolute Gasteiger partial charge is 0.295 e. The molecule has 0 spiro atoms. The fourth-order valence-electron chi connectivity index (χ4n) is 4.10. The average molecular weight is 390 g/mol. The standard InChI is InChI=1S/C23H26N4O2/c1-18-17-26(13-9-19-6-3-2-4-7-19)14-10-20(18)27(22-16-24-11-12-25-22)23(28)21-8-5-15-29-21/h2-8,11-12,15-16,18,20H,9-10,13-14,17H2,1H3/t18-,20-/m1/s1. The molecule has 4 rings (SSSR count). The summed E-state index contributed by atoms with van der Waals surface area (Å²) >= 11 is 0.